The van der Waals surface area contributed by atoms with Crippen molar-refractivity contribution in [3.05, 3.63) is 29.8 Å². The predicted molar refractivity (Wildman–Crippen MR) is 154 cm³/mol. The summed E-state index contributed by atoms with van der Waals surface area (Å²) in [7, 11) is 2.24. The first-order valence-corrected chi connectivity index (χ1v) is 16.2. The van der Waals surface area contributed by atoms with Crippen molar-refractivity contribution < 1.29 is 28.0 Å². The molecule has 0 radical (unpaired) electrons. The second-order valence-corrected chi connectivity index (χ2v) is 13.7. The molecule has 0 aromatic heterocycles. The molecule has 37 heavy (non-hydrogen) atoms. The van der Waals surface area contributed by atoms with Gasteiger partial charge >= 0.3 is 7.60 Å². The average Bonchev–Trinajstić information content (AvgIpc) is 2.82. The second-order valence-electron chi connectivity index (χ2n) is 11.7. The minimum absolute atomic E-state index is 0.0524. The highest BCUT2D eigenvalue weighted by Crippen LogP contribution is 2.42. The van der Waals surface area contributed by atoms with Crippen molar-refractivity contribution in [1.82, 2.24) is 0 Å². The Bertz CT molecular complexity index is 792. The lowest BCUT2D eigenvalue weighted by Crippen LogP contribution is -2.37. The predicted octanol–water partition coefficient (Wildman–Crippen LogP) is 7.42. The number of hydrogen-bond acceptors (Lipinski definition) is 4. The number of nitrogens with zero attached hydrogens (tertiary/aromatic N) is 1. The van der Waals surface area contributed by atoms with E-state index in [0.717, 1.165) is 17.7 Å². The zero-order valence-electron chi connectivity index (χ0n) is 24.4. The molecule has 0 aliphatic rings. The van der Waals surface area contributed by atoms with Gasteiger partial charge in [-0.2, -0.15) is 0 Å². The van der Waals surface area contributed by atoms with Crippen LogP contribution in [0.1, 0.15) is 96.5 Å². The number of Topliss-reactive ketones (excluding diaryl/α,β-unsaturated/α-hetero) is 1. The minimum Gasteiger partial charge on any atom is -0.494 e. The monoisotopic (exact) mass is 540 g/mol. The van der Waals surface area contributed by atoms with Gasteiger partial charge in [0.2, 0.25) is 0 Å². The zero-order valence-corrected chi connectivity index (χ0v) is 25.3. The maximum Gasteiger partial charge on any atom is 0.333 e. The minimum atomic E-state index is -3.69. The molecule has 0 heterocycles. The van der Waals surface area contributed by atoms with E-state index in [1.165, 1.54) is 64.2 Å². The SMILES string of the molecule is CCCCCCCCCCCCCOc1cccc(CC(COP(=O)(O)CC[N+](C)(C)C)CC(C)=O)c1. The first kappa shape index (κ1) is 33.8. The van der Waals surface area contributed by atoms with Gasteiger partial charge in [-0.05, 0) is 43.4 Å². The molecule has 2 unspecified atom stereocenters. The first-order valence-electron chi connectivity index (χ1n) is 14.5. The summed E-state index contributed by atoms with van der Waals surface area (Å²) < 4.78 is 24.5. The largest absolute Gasteiger partial charge is 0.494 e. The number of carbonyl (C=O) groups excluding carboxylic acids is 1. The van der Waals surface area contributed by atoms with Crippen molar-refractivity contribution >= 4 is 13.4 Å². The van der Waals surface area contributed by atoms with Crippen molar-refractivity contribution in [2.24, 2.45) is 5.92 Å². The Morgan fingerprint density at radius 3 is 2.14 bits per heavy atom. The lowest BCUT2D eigenvalue weighted by Gasteiger charge is -2.25. The summed E-state index contributed by atoms with van der Waals surface area (Å²) in [6.45, 7) is 5.16. The first-order chi connectivity index (χ1) is 17.5. The van der Waals surface area contributed by atoms with Crippen molar-refractivity contribution in [2.45, 2.75) is 97.3 Å². The molecule has 0 saturated heterocycles. The van der Waals surface area contributed by atoms with Gasteiger partial charge in [-0.3, -0.25) is 4.57 Å². The summed E-state index contributed by atoms with van der Waals surface area (Å²) in [5, 5.41) is 0. The smallest absolute Gasteiger partial charge is 0.333 e. The number of quaternary nitrogens is 1. The molecular weight excluding hydrogens is 485 g/mol. The quantitative estimate of drug-likeness (QED) is 0.0888. The van der Waals surface area contributed by atoms with E-state index >= 15 is 0 Å². The lowest BCUT2D eigenvalue weighted by molar-refractivity contribution is -0.867. The lowest BCUT2D eigenvalue weighted by atomic mass is 9.95. The van der Waals surface area contributed by atoms with E-state index in [1.54, 1.807) is 6.92 Å². The van der Waals surface area contributed by atoms with Crippen LogP contribution >= 0.6 is 7.60 Å². The number of carbonyl (C=O) groups is 1. The summed E-state index contributed by atoms with van der Waals surface area (Å²) in [4.78, 5) is 22.0. The Morgan fingerprint density at radius 1 is 0.973 bits per heavy atom. The fourth-order valence-corrected chi connectivity index (χ4v) is 5.79. The molecule has 6 nitrogen and oxygen atoms in total. The fraction of sp³-hybridized carbons (Fsp3) is 0.767. The molecule has 1 N–H and O–H groups in total. The Labute approximate surface area is 227 Å². The summed E-state index contributed by atoms with van der Waals surface area (Å²) >= 11 is 0. The van der Waals surface area contributed by atoms with Crippen LogP contribution in [-0.2, 0) is 20.3 Å². The number of hydrogen-bond donors (Lipinski definition) is 1. The van der Waals surface area contributed by atoms with Crippen molar-refractivity contribution in [3.8, 4) is 5.75 Å². The standard InChI is InChI=1S/C30H54NO5P/c1-6-7-8-9-10-11-12-13-14-15-16-21-35-30-19-17-18-28(25-30)24-29(23-27(2)32)26-36-37(33,34)22-20-31(3,4)5/h17-19,25,29H,6-16,20-24,26H2,1-5H3/p+1. The van der Waals surface area contributed by atoms with Crippen LogP contribution in [-0.4, -0.2) is 62.2 Å². The molecule has 0 aliphatic heterocycles. The number of unbranched alkanes of at least 4 members (excludes halogenated alkanes) is 10. The van der Waals surface area contributed by atoms with Gasteiger partial charge in [-0.1, -0.05) is 83.3 Å². The number of ether oxygens (including phenoxy) is 1. The number of benzene rings is 1. The van der Waals surface area contributed by atoms with E-state index < -0.39 is 7.60 Å². The molecule has 0 aliphatic carbocycles. The van der Waals surface area contributed by atoms with E-state index in [1.807, 2.05) is 45.4 Å². The second kappa shape index (κ2) is 19.0. The van der Waals surface area contributed by atoms with Gasteiger partial charge in [-0.15, -0.1) is 0 Å². The summed E-state index contributed by atoms with van der Waals surface area (Å²) in [6.07, 6.45) is 15.4. The Kier molecular flexibility index (Phi) is 17.3. The van der Waals surface area contributed by atoms with Gasteiger partial charge in [0.05, 0.1) is 47.1 Å². The molecule has 0 spiro atoms. The summed E-state index contributed by atoms with van der Waals surface area (Å²) in [5.41, 5.74) is 1.05. The molecule has 0 bridgehead atoms. The molecule has 1 rings (SSSR count). The third-order valence-corrected chi connectivity index (χ3v) is 7.90. The molecule has 0 saturated carbocycles. The van der Waals surface area contributed by atoms with E-state index in [9.17, 15) is 14.3 Å². The molecular formula is C30H55NO5P+. The highest BCUT2D eigenvalue weighted by Gasteiger charge is 2.25. The number of rotatable bonds is 23. The highest BCUT2D eigenvalue weighted by atomic mass is 31.2. The van der Waals surface area contributed by atoms with Gasteiger partial charge in [0.25, 0.3) is 0 Å². The van der Waals surface area contributed by atoms with Crippen LogP contribution in [0.2, 0.25) is 0 Å². The molecule has 2 atom stereocenters. The van der Waals surface area contributed by atoms with Crippen molar-refractivity contribution in [2.75, 3.05) is 47.1 Å². The topological polar surface area (TPSA) is 72.8 Å². The van der Waals surface area contributed by atoms with Gasteiger partial charge in [-0.25, -0.2) is 0 Å². The Morgan fingerprint density at radius 2 is 1.57 bits per heavy atom. The molecule has 0 fully saturated rings. The summed E-state index contributed by atoms with van der Waals surface area (Å²) in [6, 6.07) is 7.96. The normalized spacial score (nSPS) is 14.3. The van der Waals surface area contributed by atoms with Crippen LogP contribution in [0, 0.1) is 5.92 Å². The van der Waals surface area contributed by atoms with Crippen molar-refractivity contribution in [3.63, 3.8) is 0 Å². The van der Waals surface area contributed by atoms with Gasteiger partial charge in [0, 0.05) is 6.42 Å². The fourth-order valence-electron chi connectivity index (χ4n) is 4.36. The average molecular weight is 541 g/mol. The molecule has 7 heteroatoms. The third-order valence-electron chi connectivity index (χ3n) is 6.58. The molecule has 214 valence electrons. The summed E-state index contributed by atoms with van der Waals surface area (Å²) in [5.74, 6) is 0.739. The van der Waals surface area contributed by atoms with Crippen molar-refractivity contribution in [1.29, 1.82) is 0 Å². The molecule has 1 aromatic rings. The van der Waals surface area contributed by atoms with Crippen LogP contribution in [0.5, 0.6) is 5.75 Å². The van der Waals surface area contributed by atoms with Gasteiger partial charge in [0.15, 0.2) is 0 Å². The van der Waals surface area contributed by atoms with Crippen LogP contribution in [0.25, 0.3) is 0 Å². The van der Waals surface area contributed by atoms with Crippen LogP contribution in [0.15, 0.2) is 24.3 Å². The third kappa shape index (κ3) is 19.5. The van der Waals surface area contributed by atoms with E-state index in [-0.39, 0.29) is 24.5 Å². The molecule has 1 aromatic carbocycles. The van der Waals surface area contributed by atoms with Gasteiger partial charge in [0.1, 0.15) is 11.5 Å². The van der Waals surface area contributed by atoms with Crippen LogP contribution < -0.4 is 4.74 Å². The van der Waals surface area contributed by atoms with Crippen LogP contribution in [0.4, 0.5) is 0 Å². The Balaban J connectivity index is 2.38. The maximum atomic E-state index is 12.5. The molecule has 0 amide bonds. The highest BCUT2D eigenvalue weighted by molar-refractivity contribution is 7.52. The van der Waals surface area contributed by atoms with E-state index in [0.29, 0.717) is 30.5 Å². The van der Waals surface area contributed by atoms with Gasteiger partial charge < -0.3 is 23.4 Å². The van der Waals surface area contributed by atoms with E-state index in [2.05, 4.69) is 6.92 Å². The Hall–Kier alpha value is -1.20. The van der Waals surface area contributed by atoms with Crippen LogP contribution in [0.3, 0.4) is 0 Å². The van der Waals surface area contributed by atoms with E-state index in [4.69, 9.17) is 9.26 Å². The zero-order chi connectivity index (χ0) is 27.6. The number of ketones is 1. The maximum absolute atomic E-state index is 12.5.